The minimum Gasteiger partial charge on any atom is -0.481 e. The lowest BCUT2D eigenvalue weighted by Gasteiger charge is -2.39. The topological polar surface area (TPSA) is 46.5 Å². The number of carboxylic acids is 1. The van der Waals surface area contributed by atoms with Gasteiger partial charge in [-0.15, -0.1) is 0 Å². The molecule has 3 nitrogen and oxygen atoms in total. The summed E-state index contributed by atoms with van der Waals surface area (Å²) in [5.41, 5.74) is -0.472. The maximum atomic E-state index is 11.0. The van der Waals surface area contributed by atoms with Gasteiger partial charge in [0.1, 0.15) is 0 Å². The van der Waals surface area contributed by atoms with Gasteiger partial charge in [0.2, 0.25) is 0 Å². The van der Waals surface area contributed by atoms with Crippen molar-refractivity contribution in [2.24, 2.45) is 16.7 Å². The number of carbonyl (C=O) groups is 1. The first-order chi connectivity index (χ1) is 7.62. The second kappa shape index (κ2) is 4.97. The van der Waals surface area contributed by atoms with Crippen molar-refractivity contribution in [3.8, 4) is 0 Å². The molecule has 0 aromatic carbocycles. The summed E-state index contributed by atoms with van der Waals surface area (Å²) in [6.07, 6.45) is 3.54. The molecule has 1 rings (SSSR count). The highest BCUT2D eigenvalue weighted by Crippen LogP contribution is 2.40. The molecule has 0 radical (unpaired) electrons. The number of aliphatic carboxylic acids is 1. The first-order valence-corrected chi connectivity index (χ1v) is 6.47. The van der Waals surface area contributed by atoms with Gasteiger partial charge >= 0.3 is 5.97 Å². The van der Waals surface area contributed by atoms with E-state index in [9.17, 15) is 4.79 Å². The van der Waals surface area contributed by atoms with Gasteiger partial charge in [-0.25, -0.2) is 0 Å². The van der Waals surface area contributed by atoms with Crippen LogP contribution < -0.4 is 0 Å². The molecule has 0 spiro atoms. The van der Waals surface area contributed by atoms with Gasteiger partial charge in [0, 0.05) is 0 Å². The summed E-state index contributed by atoms with van der Waals surface area (Å²) in [4.78, 5) is 11.0. The van der Waals surface area contributed by atoms with E-state index in [1.807, 2.05) is 0 Å². The average molecular weight is 242 g/mol. The van der Waals surface area contributed by atoms with Crippen LogP contribution in [0.25, 0.3) is 0 Å². The van der Waals surface area contributed by atoms with E-state index in [1.54, 1.807) is 13.8 Å². The Morgan fingerprint density at radius 3 is 2.47 bits per heavy atom. The molecule has 0 aromatic heterocycles. The predicted octanol–water partition coefficient (Wildman–Crippen LogP) is 3.33. The van der Waals surface area contributed by atoms with Gasteiger partial charge in [-0.05, 0) is 44.4 Å². The predicted molar refractivity (Wildman–Crippen MR) is 68.0 cm³/mol. The van der Waals surface area contributed by atoms with Gasteiger partial charge in [-0.2, -0.15) is 0 Å². The largest absolute Gasteiger partial charge is 0.481 e. The SMILES string of the molecule is CC1CC(OCC(C)(C)C(=O)O)CC(C)(C)C1. The fourth-order valence-corrected chi connectivity index (χ4v) is 2.77. The monoisotopic (exact) mass is 242 g/mol. The molecule has 0 amide bonds. The van der Waals surface area contributed by atoms with Gasteiger partial charge < -0.3 is 9.84 Å². The maximum Gasteiger partial charge on any atom is 0.311 e. The van der Waals surface area contributed by atoms with Crippen molar-refractivity contribution in [3.63, 3.8) is 0 Å². The molecule has 1 N–H and O–H groups in total. The normalized spacial score (nSPS) is 29.0. The molecule has 1 aliphatic carbocycles. The van der Waals surface area contributed by atoms with E-state index >= 15 is 0 Å². The van der Waals surface area contributed by atoms with Crippen LogP contribution in [0.15, 0.2) is 0 Å². The minimum absolute atomic E-state index is 0.215. The Kier molecular flexibility index (Phi) is 4.23. The zero-order valence-electron chi connectivity index (χ0n) is 11.7. The summed E-state index contributed by atoms with van der Waals surface area (Å²) < 4.78 is 5.83. The molecular weight excluding hydrogens is 216 g/mol. The molecule has 1 saturated carbocycles. The molecule has 0 bridgehead atoms. The summed E-state index contributed by atoms with van der Waals surface area (Å²) in [7, 11) is 0. The fourth-order valence-electron chi connectivity index (χ4n) is 2.77. The Bertz CT molecular complexity index is 281. The van der Waals surface area contributed by atoms with E-state index in [-0.39, 0.29) is 6.10 Å². The summed E-state index contributed by atoms with van der Waals surface area (Å²) in [5, 5.41) is 9.05. The van der Waals surface area contributed by atoms with Crippen molar-refractivity contribution in [1.82, 2.24) is 0 Å². The van der Waals surface area contributed by atoms with Crippen molar-refractivity contribution < 1.29 is 14.6 Å². The molecule has 0 aromatic rings. The highest BCUT2D eigenvalue weighted by atomic mass is 16.5. The van der Waals surface area contributed by atoms with Gasteiger partial charge in [-0.3, -0.25) is 4.79 Å². The summed E-state index contributed by atoms with van der Waals surface area (Å²) in [5.74, 6) is -0.127. The van der Waals surface area contributed by atoms with Crippen LogP contribution >= 0.6 is 0 Å². The van der Waals surface area contributed by atoms with E-state index in [4.69, 9.17) is 9.84 Å². The number of ether oxygens (including phenoxy) is 1. The zero-order chi connectivity index (χ0) is 13.3. The molecule has 0 heterocycles. The van der Waals surface area contributed by atoms with E-state index in [2.05, 4.69) is 20.8 Å². The molecule has 0 aliphatic heterocycles. The van der Waals surface area contributed by atoms with E-state index in [0.717, 1.165) is 12.8 Å². The molecule has 17 heavy (non-hydrogen) atoms. The number of rotatable bonds is 4. The van der Waals surface area contributed by atoms with E-state index in [1.165, 1.54) is 6.42 Å². The van der Waals surface area contributed by atoms with Crippen molar-refractivity contribution in [2.75, 3.05) is 6.61 Å². The van der Waals surface area contributed by atoms with Crippen LogP contribution in [0.3, 0.4) is 0 Å². The Hall–Kier alpha value is -0.570. The van der Waals surface area contributed by atoms with Crippen LogP contribution in [0.4, 0.5) is 0 Å². The maximum absolute atomic E-state index is 11.0. The van der Waals surface area contributed by atoms with E-state index in [0.29, 0.717) is 17.9 Å². The molecule has 2 unspecified atom stereocenters. The Morgan fingerprint density at radius 1 is 1.41 bits per heavy atom. The minimum atomic E-state index is -0.791. The van der Waals surface area contributed by atoms with Crippen molar-refractivity contribution in [1.29, 1.82) is 0 Å². The van der Waals surface area contributed by atoms with Crippen molar-refractivity contribution in [3.05, 3.63) is 0 Å². The van der Waals surface area contributed by atoms with Crippen LogP contribution in [-0.4, -0.2) is 23.8 Å². The third kappa shape index (κ3) is 4.30. The van der Waals surface area contributed by atoms with Crippen LogP contribution in [0.1, 0.15) is 53.9 Å². The number of carboxylic acid groups (broad SMARTS) is 1. The summed E-state index contributed by atoms with van der Waals surface area (Å²) >= 11 is 0. The fraction of sp³-hybridized carbons (Fsp3) is 0.929. The molecule has 1 fully saturated rings. The summed E-state index contributed by atoms with van der Waals surface area (Å²) in [6.45, 7) is 10.5. The number of hydrogen-bond donors (Lipinski definition) is 1. The lowest BCUT2D eigenvalue weighted by Crippen LogP contribution is -2.37. The van der Waals surface area contributed by atoms with Crippen LogP contribution in [-0.2, 0) is 9.53 Å². The molecular formula is C14H26O3. The molecule has 1 aliphatic rings. The first-order valence-electron chi connectivity index (χ1n) is 6.47. The highest BCUT2D eigenvalue weighted by Gasteiger charge is 2.35. The second-order valence-corrected chi connectivity index (χ2v) is 7.04. The first kappa shape index (κ1) is 14.5. The summed E-state index contributed by atoms with van der Waals surface area (Å²) in [6, 6.07) is 0. The van der Waals surface area contributed by atoms with Crippen molar-refractivity contribution >= 4 is 5.97 Å². The third-order valence-electron chi connectivity index (χ3n) is 3.61. The molecule has 2 atom stereocenters. The lowest BCUT2D eigenvalue weighted by molar-refractivity contribution is -0.153. The van der Waals surface area contributed by atoms with Crippen molar-refractivity contribution in [2.45, 2.75) is 60.0 Å². The van der Waals surface area contributed by atoms with Crippen LogP contribution in [0.2, 0.25) is 0 Å². The van der Waals surface area contributed by atoms with Crippen LogP contribution in [0.5, 0.6) is 0 Å². The second-order valence-electron chi connectivity index (χ2n) is 7.04. The smallest absolute Gasteiger partial charge is 0.311 e. The molecule has 3 heteroatoms. The Balaban J connectivity index is 2.50. The quantitative estimate of drug-likeness (QED) is 0.822. The van der Waals surface area contributed by atoms with E-state index < -0.39 is 11.4 Å². The molecule has 100 valence electrons. The average Bonchev–Trinajstić information content (AvgIpc) is 2.11. The number of hydrogen-bond acceptors (Lipinski definition) is 2. The van der Waals surface area contributed by atoms with Gasteiger partial charge in [-0.1, -0.05) is 20.8 Å². The Morgan fingerprint density at radius 2 is 2.00 bits per heavy atom. The molecule has 0 saturated heterocycles. The van der Waals surface area contributed by atoms with Gasteiger partial charge in [0.05, 0.1) is 18.1 Å². The van der Waals surface area contributed by atoms with Crippen LogP contribution in [0, 0.1) is 16.7 Å². The zero-order valence-corrected chi connectivity index (χ0v) is 11.7. The van der Waals surface area contributed by atoms with Gasteiger partial charge in [0.15, 0.2) is 0 Å². The Labute approximate surface area is 105 Å². The standard InChI is InChI=1S/C14H26O3/c1-10-6-11(8-13(2,3)7-10)17-9-14(4,5)12(15)16/h10-11H,6-9H2,1-5H3,(H,15,16). The third-order valence-corrected chi connectivity index (χ3v) is 3.61. The highest BCUT2D eigenvalue weighted by molar-refractivity contribution is 5.73. The van der Waals surface area contributed by atoms with Gasteiger partial charge in [0.25, 0.3) is 0 Å². The lowest BCUT2D eigenvalue weighted by atomic mass is 9.71.